The van der Waals surface area contributed by atoms with Crippen LogP contribution in [0.3, 0.4) is 0 Å². The van der Waals surface area contributed by atoms with Crippen LogP contribution in [0.4, 0.5) is 5.95 Å². The van der Waals surface area contributed by atoms with E-state index in [0.717, 1.165) is 31.9 Å². The number of aromatic nitrogens is 5. The molecule has 0 saturated carbocycles. The summed E-state index contributed by atoms with van der Waals surface area (Å²) in [6.07, 6.45) is 3.64. The van der Waals surface area contributed by atoms with E-state index < -0.39 is 0 Å². The van der Waals surface area contributed by atoms with Crippen LogP contribution in [0.25, 0.3) is 22.1 Å². The number of hydrogen-bond donors (Lipinski definition) is 1. The number of aryl methyl sites for hydroxylation is 1. The van der Waals surface area contributed by atoms with Gasteiger partial charge in [-0.2, -0.15) is 5.10 Å². The van der Waals surface area contributed by atoms with Crippen LogP contribution in [0.1, 0.15) is 25.7 Å². The summed E-state index contributed by atoms with van der Waals surface area (Å²) in [5.74, 6) is 1.17. The van der Waals surface area contributed by atoms with Gasteiger partial charge in [0.15, 0.2) is 5.58 Å². The molecule has 156 valence electrons. The monoisotopic (exact) mass is 427 g/mol. The summed E-state index contributed by atoms with van der Waals surface area (Å²) >= 11 is 6.02. The summed E-state index contributed by atoms with van der Waals surface area (Å²) in [6, 6.07) is 5.34. The third kappa shape index (κ3) is 3.23. The lowest BCUT2D eigenvalue weighted by molar-refractivity contribution is 0.482. The van der Waals surface area contributed by atoms with Gasteiger partial charge in [0, 0.05) is 30.7 Å². The minimum atomic E-state index is -0.227. The van der Waals surface area contributed by atoms with Crippen molar-refractivity contribution >= 4 is 39.7 Å². The van der Waals surface area contributed by atoms with Gasteiger partial charge in [0.1, 0.15) is 23.1 Å². The second kappa shape index (κ2) is 7.41. The fourth-order valence-corrected chi connectivity index (χ4v) is 4.23. The van der Waals surface area contributed by atoms with Crippen LogP contribution in [0, 0.1) is 0 Å². The van der Waals surface area contributed by atoms with Crippen LogP contribution in [0.2, 0.25) is 5.02 Å². The Labute approximate surface area is 177 Å². The maximum Gasteiger partial charge on any atom is 0.293 e. The van der Waals surface area contributed by atoms with Crippen molar-refractivity contribution in [1.29, 1.82) is 0 Å². The van der Waals surface area contributed by atoms with Crippen molar-refractivity contribution in [3.8, 4) is 0 Å². The fourth-order valence-electron chi connectivity index (χ4n) is 4.06. The summed E-state index contributed by atoms with van der Waals surface area (Å²) in [6.45, 7) is 4.36. The zero-order valence-electron chi connectivity index (χ0n) is 16.6. The molecule has 0 bridgehead atoms. The van der Waals surface area contributed by atoms with E-state index in [1.54, 1.807) is 24.4 Å². The number of rotatable bonds is 4. The summed E-state index contributed by atoms with van der Waals surface area (Å²) in [5.41, 5.74) is 8.29. The normalized spacial score (nSPS) is 17.3. The Bertz CT molecular complexity index is 1290. The molecule has 1 atom stereocenters. The van der Waals surface area contributed by atoms with E-state index in [1.165, 1.54) is 4.68 Å². The van der Waals surface area contributed by atoms with Crippen molar-refractivity contribution in [2.24, 2.45) is 5.73 Å². The van der Waals surface area contributed by atoms with E-state index in [-0.39, 0.29) is 18.1 Å². The van der Waals surface area contributed by atoms with Crippen molar-refractivity contribution in [2.75, 3.05) is 18.0 Å². The largest absolute Gasteiger partial charge is 0.439 e. The van der Waals surface area contributed by atoms with Gasteiger partial charge < -0.3 is 19.6 Å². The zero-order valence-corrected chi connectivity index (χ0v) is 17.3. The van der Waals surface area contributed by atoms with Crippen LogP contribution in [0.15, 0.2) is 33.6 Å². The molecule has 30 heavy (non-hydrogen) atoms. The van der Waals surface area contributed by atoms with Gasteiger partial charge in [-0.1, -0.05) is 11.6 Å². The van der Waals surface area contributed by atoms with Gasteiger partial charge in [0.2, 0.25) is 11.8 Å². The molecule has 5 rings (SSSR count). The van der Waals surface area contributed by atoms with E-state index in [1.807, 2.05) is 11.5 Å². The molecule has 2 N–H and O–H groups in total. The van der Waals surface area contributed by atoms with Gasteiger partial charge in [-0.3, -0.25) is 4.79 Å². The lowest BCUT2D eigenvalue weighted by atomic mass is 10.1. The van der Waals surface area contributed by atoms with Crippen LogP contribution >= 0.6 is 11.6 Å². The Kier molecular flexibility index (Phi) is 4.71. The first-order valence-electron chi connectivity index (χ1n) is 10.1. The highest BCUT2D eigenvalue weighted by molar-refractivity contribution is 6.31. The Morgan fingerprint density at radius 1 is 1.30 bits per heavy atom. The maximum absolute atomic E-state index is 13.2. The van der Waals surface area contributed by atoms with Crippen LogP contribution in [0.5, 0.6) is 0 Å². The number of nitrogens with zero attached hydrogens (tertiary/aromatic N) is 6. The Morgan fingerprint density at radius 3 is 2.97 bits per heavy atom. The standard InChI is InChI=1S/C20H22ClN7O2/c1-2-27-18-15(25-20(27)26-7-3-4-13(22)10-26)9-23-28(19(18)29)11-17-24-14-8-12(21)5-6-16(14)30-17/h5-6,8-9,13H,2-4,7,10-11,22H2,1H3/t13-/m1/s1. The van der Waals surface area contributed by atoms with Gasteiger partial charge in [-0.15, -0.1) is 0 Å². The smallest absolute Gasteiger partial charge is 0.293 e. The molecule has 0 radical (unpaired) electrons. The first-order chi connectivity index (χ1) is 14.5. The van der Waals surface area contributed by atoms with Gasteiger partial charge in [0.05, 0.1) is 6.20 Å². The molecule has 0 unspecified atom stereocenters. The summed E-state index contributed by atoms with van der Waals surface area (Å²) in [4.78, 5) is 24.5. The zero-order chi connectivity index (χ0) is 20.8. The minimum Gasteiger partial charge on any atom is -0.439 e. The third-order valence-corrected chi connectivity index (χ3v) is 5.70. The van der Waals surface area contributed by atoms with Crippen LogP contribution in [-0.4, -0.2) is 43.4 Å². The van der Waals surface area contributed by atoms with Crippen molar-refractivity contribution in [3.63, 3.8) is 0 Å². The van der Waals surface area contributed by atoms with E-state index in [0.29, 0.717) is 39.6 Å². The van der Waals surface area contributed by atoms with Crippen LogP contribution in [-0.2, 0) is 13.1 Å². The van der Waals surface area contributed by atoms with Crippen molar-refractivity contribution in [2.45, 2.75) is 38.9 Å². The van der Waals surface area contributed by atoms with Gasteiger partial charge >= 0.3 is 0 Å². The molecule has 0 spiro atoms. The first-order valence-corrected chi connectivity index (χ1v) is 10.4. The second-order valence-corrected chi connectivity index (χ2v) is 8.00. The van der Waals surface area contributed by atoms with Gasteiger partial charge in [0.25, 0.3) is 5.56 Å². The summed E-state index contributed by atoms with van der Waals surface area (Å²) < 4.78 is 9.05. The molecule has 1 saturated heterocycles. The fraction of sp³-hybridized carbons (Fsp3) is 0.400. The third-order valence-electron chi connectivity index (χ3n) is 5.47. The number of oxazole rings is 1. The van der Waals surface area contributed by atoms with Crippen molar-refractivity contribution in [3.05, 3.63) is 45.7 Å². The van der Waals surface area contributed by atoms with Crippen molar-refractivity contribution < 1.29 is 4.42 Å². The molecule has 10 heteroatoms. The molecule has 9 nitrogen and oxygen atoms in total. The van der Waals surface area contributed by atoms with Gasteiger partial charge in [-0.05, 0) is 38.0 Å². The van der Waals surface area contributed by atoms with E-state index in [9.17, 15) is 4.79 Å². The Balaban J connectivity index is 1.55. The molecule has 0 aliphatic carbocycles. The molecular weight excluding hydrogens is 406 g/mol. The molecule has 0 amide bonds. The highest BCUT2D eigenvalue weighted by atomic mass is 35.5. The molecule has 4 heterocycles. The molecule has 1 aliphatic rings. The minimum absolute atomic E-state index is 0.117. The Hall–Kier alpha value is -2.91. The lowest BCUT2D eigenvalue weighted by Gasteiger charge is -2.31. The number of nitrogens with two attached hydrogens (primary N) is 1. The highest BCUT2D eigenvalue weighted by Crippen LogP contribution is 2.23. The molecule has 3 aromatic heterocycles. The maximum atomic E-state index is 13.2. The number of hydrogen-bond acceptors (Lipinski definition) is 7. The predicted molar refractivity (Wildman–Crippen MR) is 115 cm³/mol. The van der Waals surface area contributed by atoms with E-state index in [4.69, 9.17) is 26.7 Å². The summed E-state index contributed by atoms with van der Waals surface area (Å²) in [5, 5.41) is 4.88. The average molecular weight is 428 g/mol. The number of fused-ring (bicyclic) bond motifs is 2. The number of imidazole rings is 1. The quantitative estimate of drug-likeness (QED) is 0.532. The molecule has 1 aromatic carbocycles. The van der Waals surface area contributed by atoms with E-state index in [2.05, 4.69) is 15.0 Å². The summed E-state index contributed by atoms with van der Waals surface area (Å²) in [7, 11) is 0. The van der Waals surface area contributed by atoms with E-state index >= 15 is 0 Å². The SMILES string of the molecule is CCn1c(N2CCC[C@@H](N)C2)nc2cnn(Cc3nc4cc(Cl)ccc4o3)c(=O)c21. The molecule has 1 fully saturated rings. The Morgan fingerprint density at radius 2 is 2.17 bits per heavy atom. The number of anilines is 1. The van der Waals surface area contributed by atoms with Gasteiger partial charge in [-0.25, -0.2) is 14.6 Å². The number of piperidine rings is 1. The molecular formula is C20H22ClN7O2. The number of benzene rings is 1. The first kappa shape index (κ1) is 19.1. The highest BCUT2D eigenvalue weighted by Gasteiger charge is 2.24. The topological polar surface area (TPSA) is 108 Å². The van der Waals surface area contributed by atoms with Crippen LogP contribution < -0.4 is 16.2 Å². The lowest BCUT2D eigenvalue weighted by Crippen LogP contribution is -2.44. The van der Waals surface area contributed by atoms with Crippen molar-refractivity contribution in [1.82, 2.24) is 24.3 Å². The average Bonchev–Trinajstić information content (AvgIpc) is 3.30. The second-order valence-electron chi connectivity index (χ2n) is 7.57. The molecule has 1 aliphatic heterocycles. The predicted octanol–water partition coefficient (Wildman–Crippen LogP) is 2.38. The molecule has 4 aromatic rings. The number of halogens is 1.